The molecule has 0 aliphatic rings. The lowest BCUT2D eigenvalue weighted by atomic mass is 10.0. The summed E-state index contributed by atoms with van der Waals surface area (Å²) in [6.45, 7) is 6.20. The molecule has 1 N–H and O–H groups in total. The molecule has 0 fully saturated rings. The van der Waals surface area contributed by atoms with Crippen LogP contribution >= 0.6 is 11.3 Å². The minimum atomic E-state index is -0.106. The Morgan fingerprint density at radius 3 is 2.83 bits per heavy atom. The first-order valence-corrected chi connectivity index (χ1v) is 8.48. The normalized spacial score (nSPS) is 11.1. The third kappa shape index (κ3) is 3.42. The molecule has 0 aliphatic heterocycles. The highest BCUT2D eigenvalue weighted by Gasteiger charge is 2.13. The van der Waals surface area contributed by atoms with Crippen LogP contribution in [0.2, 0.25) is 0 Å². The van der Waals surface area contributed by atoms with Crippen molar-refractivity contribution in [3.05, 3.63) is 40.1 Å². The summed E-state index contributed by atoms with van der Waals surface area (Å²) in [4.78, 5) is 12.2. The van der Waals surface area contributed by atoms with Crippen LogP contribution < -0.4 is 5.32 Å². The number of aromatic nitrogens is 2. The fourth-order valence-electron chi connectivity index (χ4n) is 2.43. The minimum absolute atomic E-state index is 0.106. The van der Waals surface area contributed by atoms with Gasteiger partial charge in [0, 0.05) is 17.4 Å². The van der Waals surface area contributed by atoms with Crippen molar-refractivity contribution in [2.24, 2.45) is 0 Å². The molecular weight excluding hydrogens is 310 g/mol. The number of anilines is 1. The molecule has 2 heterocycles. The monoisotopic (exact) mass is 329 g/mol. The lowest BCUT2D eigenvalue weighted by molar-refractivity contribution is -0.115. The fraction of sp³-hybridized carbons (Fsp3) is 0.353. The number of carbonyl (C=O) groups excluding carboxylic acids is 1. The zero-order valence-corrected chi connectivity index (χ0v) is 14.3. The Bertz CT molecular complexity index is 851. The van der Waals surface area contributed by atoms with Gasteiger partial charge in [-0.05, 0) is 43.5 Å². The Kier molecular flexibility index (Phi) is 4.43. The van der Waals surface area contributed by atoms with E-state index in [4.69, 9.17) is 4.42 Å². The van der Waals surface area contributed by atoms with Gasteiger partial charge in [0.2, 0.25) is 11.0 Å². The average molecular weight is 329 g/mol. The third-order valence-corrected chi connectivity index (χ3v) is 4.70. The van der Waals surface area contributed by atoms with Gasteiger partial charge in [-0.3, -0.25) is 4.79 Å². The van der Waals surface area contributed by atoms with E-state index in [1.165, 1.54) is 22.5 Å². The molecule has 0 saturated heterocycles. The molecule has 23 heavy (non-hydrogen) atoms. The Morgan fingerprint density at radius 2 is 2.04 bits per heavy atom. The van der Waals surface area contributed by atoms with E-state index in [9.17, 15) is 4.79 Å². The lowest BCUT2D eigenvalue weighted by Crippen LogP contribution is -2.14. The highest BCUT2D eigenvalue weighted by Crippen LogP contribution is 2.25. The molecule has 0 spiro atoms. The smallest absolute Gasteiger partial charge is 0.230 e. The Balaban J connectivity index is 1.73. The maximum Gasteiger partial charge on any atom is 0.230 e. The second-order valence-electron chi connectivity index (χ2n) is 5.67. The van der Waals surface area contributed by atoms with Crippen molar-refractivity contribution in [1.29, 1.82) is 0 Å². The predicted octanol–water partition coefficient (Wildman–Crippen LogP) is 4.03. The molecule has 0 radical (unpaired) electrons. The van der Waals surface area contributed by atoms with Gasteiger partial charge in [0.25, 0.3) is 0 Å². The van der Waals surface area contributed by atoms with Crippen LogP contribution in [-0.4, -0.2) is 16.1 Å². The number of fused-ring (bicyclic) bond motifs is 1. The summed E-state index contributed by atoms with van der Waals surface area (Å²) in [5, 5.41) is 13.4. The SMILES string of the molecule is CCCc1nnc(NC(=O)Cc2coc3cc(C)c(C)cc23)s1. The van der Waals surface area contributed by atoms with Crippen molar-refractivity contribution in [2.75, 3.05) is 5.32 Å². The molecule has 2 aromatic heterocycles. The Hall–Kier alpha value is -2.21. The molecule has 0 unspecified atom stereocenters. The number of hydrogen-bond donors (Lipinski definition) is 1. The number of carbonyl (C=O) groups is 1. The quantitative estimate of drug-likeness (QED) is 0.767. The maximum atomic E-state index is 12.2. The van der Waals surface area contributed by atoms with Crippen LogP contribution in [0.5, 0.6) is 0 Å². The van der Waals surface area contributed by atoms with Crippen molar-refractivity contribution in [3.63, 3.8) is 0 Å². The fourth-order valence-corrected chi connectivity index (χ4v) is 3.29. The second-order valence-corrected chi connectivity index (χ2v) is 6.73. The molecular formula is C17H19N3O2S. The summed E-state index contributed by atoms with van der Waals surface area (Å²) in [6, 6.07) is 4.08. The van der Waals surface area contributed by atoms with Gasteiger partial charge in [0.05, 0.1) is 12.7 Å². The number of amides is 1. The van der Waals surface area contributed by atoms with Gasteiger partial charge in [-0.1, -0.05) is 18.3 Å². The van der Waals surface area contributed by atoms with Crippen LogP contribution in [0.4, 0.5) is 5.13 Å². The predicted molar refractivity (Wildman–Crippen MR) is 91.9 cm³/mol. The molecule has 3 aromatic rings. The van der Waals surface area contributed by atoms with Crippen molar-refractivity contribution in [2.45, 2.75) is 40.0 Å². The molecule has 0 aliphatic carbocycles. The third-order valence-electron chi connectivity index (χ3n) is 3.80. The standard InChI is InChI=1S/C17H19N3O2S/c1-4-5-16-19-20-17(23-16)18-15(21)8-12-9-22-14-7-11(3)10(2)6-13(12)14/h6-7,9H,4-5,8H2,1-3H3,(H,18,20,21). The number of nitrogens with zero attached hydrogens (tertiary/aromatic N) is 2. The zero-order chi connectivity index (χ0) is 16.4. The highest BCUT2D eigenvalue weighted by atomic mass is 32.1. The van der Waals surface area contributed by atoms with E-state index in [2.05, 4.69) is 35.4 Å². The van der Waals surface area contributed by atoms with Gasteiger partial charge in [-0.25, -0.2) is 0 Å². The average Bonchev–Trinajstić information content (AvgIpc) is 3.08. The highest BCUT2D eigenvalue weighted by molar-refractivity contribution is 7.15. The summed E-state index contributed by atoms with van der Waals surface area (Å²) in [6.07, 6.45) is 3.82. The van der Waals surface area contributed by atoms with E-state index in [1.54, 1.807) is 6.26 Å². The van der Waals surface area contributed by atoms with Gasteiger partial charge in [0.1, 0.15) is 10.6 Å². The van der Waals surface area contributed by atoms with E-state index < -0.39 is 0 Å². The van der Waals surface area contributed by atoms with Crippen molar-refractivity contribution < 1.29 is 9.21 Å². The lowest BCUT2D eigenvalue weighted by Gasteiger charge is -2.02. The van der Waals surface area contributed by atoms with Gasteiger partial charge < -0.3 is 9.73 Å². The van der Waals surface area contributed by atoms with Crippen LogP contribution in [0, 0.1) is 13.8 Å². The summed E-state index contributed by atoms with van der Waals surface area (Å²) >= 11 is 1.43. The summed E-state index contributed by atoms with van der Waals surface area (Å²) in [5.74, 6) is -0.106. The molecule has 1 aromatic carbocycles. The second kappa shape index (κ2) is 6.50. The van der Waals surface area contributed by atoms with Crippen LogP contribution in [0.1, 0.15) is 35.0 Å². The first-order chi connectivity index (χ1) is 11.1. The summed E-state index contributed by atoms with van der Waals surface area (Å²) in [7, 11) is 0. The largest absolute Gasteiger partial charge is 0.464 e. The van der Waals surface area contributed by atoms with Crippen LogP contribution in [-0.2, 0) is 17.6 Å². The molecule has 120 valence electrons. The molecule has 5 nitrogen and oxygen atoms in total. The van der Waals surface area contributed by atoms with E-state index in [0.717, 1.165) is 34.4 Å². The number of rotatable bonds is 5. The van der Waals surface area contributed by atoms with Crippen LogP contribution in [0.3, 0.4) is 0 Å². The van der Waals surface area contributed by atoms with Crippen LogP contribution in [0.15, 0.2) is 22.8 Å². The molecule has 0 bridgehead atoms. The van der Waals surface area contributed by atoms with E-state index >= 15 is 0 Å². The topological polar surface area (TPSA) is 68.0 Å². The van der Waals surface area contributed by atoms with Gasteiger partial charge in [-0.15, -0.1) is 10.2 Å². The van der Waals surface area contributed by atoms with E-state index in [1.807, 2.05) is 13.0 Å². The first kappa shape index (κ1) is 15.7. The Labute approximate surface area is 138 Å². The molecule has 0 saturated carbocycles. The van der Waals surface area contributed by atoms with E-state index in [-0.39, 0.29) is 12.3 Å². The summed E-state index contributed by atoms with van der Waals surface area (Å²) < 4.78 is 5.57. The maximum absolute atomic E-state index is 12.2. The number of hydrogen-bond acceptors (Lipinski definition) is 5. The number of furan rings is 1. The molecule has 6 heteroatoms. The number of aryl methyl sites for hydroxylation is 3. The minimum Gasteiger partial charge on any atom is -0.464 e. The van der Waals surface area contributed by atoms with Gasteiger partial charge >= 0.3 is 0 Å². The van der Waals surface area contributed by atoms with E-state index in [0.29, 0.717) is 5.13 Å². The first-order valence-electron chi connectivity index (χ1n) is 7.66. The Morgan fingerprint density at radius 1 is 1.26 bits per heavy atom. The number of benzene rings is 1. The van der Waals surface area contributed by atoms with Crippen LogP contribution in [0.25, 0.3) is 11.0 Å². The summed E-state index contributed by atoms with van der Waals surface area (Å²) in [5.41, 5.74) is 4.07. The number of nitrogens with one attached hydrogen (secondary N) is 1. The molecule has 3 rings (SSSR count). The zero-order valence-electron chi connectivity index (χ0n) is 13.5. The molecule has 0 atom stereocenters. The van der Waals surface area contributed by atoms with Gasteiger partial charge in [0.15, 0.2) is 0 Å². The van der Waals surface area contributed by atoms with Crippen molar-refractivity contribution in [1.82, 2.24) is 10.2 Å². The van der Waals surface area contributed by atoms with Crippen molar-refractivity contribution >= 4 is 33.3 Å². The van der Waals surface area contributed by atoms with Gasteiger partial charge in [-0.2, -0.15) is 0 Å². The van der Waals surface area contributed by atoms with Crippen molar-refractivity contribution in [3.8, 4) is 0 Å². The molecule has 1 amide bonds.